The van der Waals surface area contributed by atoms with E-state index in [-0.39, 0.29) is 5.75 Å². The first-order chi connectivity index (χ1) is 12.5. The highest BCUT2D eigenvalue weighted by Crippen LogP contribution is 2.31. The number of hydrogen-bond acceptors (Lipinski definition) is 5. The Labute approximate surface area is 157 Å². The minimum absolute atomic E-state index is 0.0262. The molecule has 0 atom stereocenters. The first kappa shape index (κ1) is 17.1. The first-order valence-electron chi connectivity index (χ1n) is 8.18. The number of para-hydroxylation sites is 1. The largest absolute Gasteiger partial charge is 0.497 e. The van der Waals surface area contributed by atoms with Gasteiger partial charge in [0.05, 0.1) is 28.3 Å². The minimum atomic E-state index is -3.36. The zero-order valence-corrected chi connectivity index (χ0v) is 15.7. The van der Waals surface area contributed by atoms with Crippen LogP contribution in [0.4, 0.5) is 5.82 Å². The van der Waals surface area contributed by atoms with E-state index in [1.807, 2.05) is 29.2 Å². The molecule has 2 aromatic carbocycles. The minimum Gasteiger partial charge on any atom is -0.497 e. The molecule has 0 radical (unpaired) electrons. The molecular formula is C19H17ClN2O3S. The van der Waals surface area contributed by atoms with Crippen LogP contribution in [0.15, 0.2) is 53.4 Å². The average molecular weight is 389 g/mol. The second-order valence-corrected chi connectivity index (χ2v) is 8.68. The zero-order valence-electron chi connectivity index (χ0n) is 14.1. The fourth-order valence-electron chi connectivity index (χ4n) is 3.21. The van der Waals surface area contributed by atoms with Gasteiger partial charge >= 0.3 is 0 Å². The lowest BCUT2D eigenvalue weighted by molar-refractivity contribution is 0.413. The molecule has 2 heterocycles. The smallest absolute Gasteiger partial charge is 0.180 e. The molecule has 0 saturated heterocycles. The topological polar surface area (TPSA) is 59.5 Å². The van der Waals surface area contributed by atoms with Crippen molar-refractivity contribution in [1.29, 1.82) is 0 Å². The Balaban J connectivity index is 1.81. The number of methoxy groups -OCH3 is 1. The van der Waals surface area contributed by atoms with Crippen LogP contribution >= 0.6 is 11.6 Å². The van der Waals surface area contributed by atoms with Crippen LogP contribution in [-0.4, -0.2) is 32.8 Å². The quantitative estimate of drug-likeness (QED) is 0.670. The van der Waals surface area contributed by atoms with E-state index in [0.29, 0.717) is 40.1 Å². The maximum atomic E-state index is 12.6. The van der Waals surface area contributed by atoms with Crippen molar-refractivity contribution in [3.63, 3.8) is 0 Å². The molecular weight excluding hydrogens is 372 g/mol. The van der Waals surface area contributed by atoms with Crippen molar-refractivity contribution >= 4 is 38.2 Å². The van der Waals surface area contributed by atoms with Gasteiger partial charge in [0.1, 0.15) is 11.6 Å². The van der Waals surface area contributed by atoms with Crippen LogP contribution in [0.5, 0.6) is 5.75 Å². The normalized spacial score (nSPS) is 16.2. The summed E-state index contributed by atoms with van der Waals surface area (Å²) in [6, 6.07) is 14.5. The summed E-state index contributed by atoms with van der Waals surface area (Å²) in [5.41, 5.74) is 1.49. The van der Waals surface area contributed by atoms with E-state index in [1.54, 1.807) is 31.4 Å². The van der Waals surface area contributed by atoms with Gasteiger partial charge in [-0.1, -0.05) is 29.8 Å². The average Bonchev–Trinajstić information content (AvgIpc) is 2.77. The van der Waals surface area contributed by atoms with E-state index in [2.05, 4.69) is 4.98 Å². The number of fused-ring (bicyclic) bond motifs is 2. The van der Waals surface area contributed by atoms with E-state index in [1.165, 1.54) is 0 Å². The van der Waals surface area contributed by atoms with Crippen LogP contribution < -0.4 is 9.64 Å². The maximum absolute atomic E-state index is 12.6. The van der Waals surface area contributed by atoms with Crippen molar-refractivity contribution in [3.8, 4) is 5.75 Å². The summed E-state index contributed by atoms with van der Waals surface area (Å²) in [7, 11) is -1.79. The molecule has 1 aliphatic rings. The number of hydrogen-bond donors (Lipinski definition) is 0. The highest BCUT2D eigenvalue weighted by molar-refractivity contribution is 7.91. The summed E-state index contributed by atoms with van der Waals surface area (Å²) in [4.78, 5) is 6.98. The van der Waals surface area contributed by atoms with Gasteiger partial charge in [-0.25, -0.2) is 13.4 Å². The number of pyridine rings is 1. The number of rotatable bonds is 2. The lowest BCUT2D eigenvalue weighted by atomic mass is 10.2. The third-order valence-electron chi connectivity index (χ3n) is 4.57. The number of ether oxygens (including phenoxy) is 1. The van der Waals surface area contributed by atoms with Crippen molar-refractivity contribution in [2.45, 2.75) is 11.4 Å². The van der Waals surface area contributed by atoms with Crippen molar-refractivity contribution < 1.29 is 13.2 Å². The number of anilines is 1. The second kappa shape index (κ2) is 6.45. The van der Waals surface area contributed by atoms with Gasteiger partial charge in [0.25, 0.3) is 0 Å². The Kier molecular flexibility index (Phi) is 4.25. The van der Waals surface area contributed by atoms with E-state index in [0.717, 1.165) is 10.9 Å². The van der Waals surface area contributed by atoms with Crippen molar-refractivity contribution in [2.24, 2.45) is 0 Å². The molecule has 7 heteroatoms. The van der Waals surface area contributed by atoms with E-state index < -0.39 is 9.84 Å². The highest BCUT2D eigenvalue weighted by Gasteiger charge is 2.26. The Morgan fingerprint density at radius 2 is 1.96 bits per heavy atom. The third kappa shape index (κ3) is 2.99. The van der Waals surface area contributed by atoms with Gasteiger partial charge in [-0.3, -0.25) is 0 Å². The SMILES string of the molecule is COc1ccc2c(c1)CN(c1cc(Cl)c3ccccc3n1)CCS2(=O)=O. The highest BCUT2D eigenvalue weighted by atomic mass is 35.5. The van der Waals surface area contributed by atoms with Gasteiger partial charge in [-0.05, 0) is 35.9 Å². The van der Waals surface area contributed by atoms with Crippen LogP contribution in [0.25, 0.3) is 10.9 Å². The van der Waals surface area contributed by atoms with Crippen molar-refractivity contribution in [3.05, 3.63) is 59.1 Å². The monoisotopic (exact) mass is 388 g/mol. The van der Waals surface area contributed by atoms with Gasteiger partial charge in [-0.2, -0.15) is 0 Å². The molecule has 3 aromatic rings. The summed E-state index contributed by atoms with van der Waals surface area (Å²) < 4.78 is 30.5. The van der Waals surface area contributed by atoms with E-state index >= 15 is 0 Å². The van der Waals surface area contributed by atoms with E-state index in [4.69, 9.17) is 16.3 Å². The van der Waals surface area contributed by atoms with Gasteiger partial charge in [0.2, 0.25) is 0 Å². The summed E-state index contributed by atoms with van der Waals surface area (Å²) in [5, 5.41) is 1.48. The van der Waals surface area contributed by atoms with Crippen LogP contribution in [-0.2, 0) is 16.4 Å². The van der Waals surface area contributed by atoms with Gasteiger partial charge in [0, 0.05) is 18.5 Å². The molecule has 0 N–H and O–H groups in total. The first-order valence-corrected chi connectivity index (χ1v) is 10.2. The predicted molar refractivity (Wildman–Crippen MR) is 103 cm³/mol. The molecule has 5 nitrogen and oxygen atoms in total. The molecule has 0 spiro atoms. The van der Waals surface area contributed by atoms with Crippen LogP contribution in [0.3, 0.4) is 0 Å². The Bertz CT molecular complexity index is 1100. The summed E-state index contributed by atoms with van der Waals surface area (Å²) in [5.74, 6) is 1.32. The maximum Gasteiger partial charge on any atom is 0.180 e. The lowest BCUT2D eigenvalue weighted by Gasteiger charge is -2.22. The number of aromatic nitrogens is 1. The van der Waals surface area contributed by atoms with Crippen molar-refractivity contribution in [2.75, 3.05) is 24.3 Å². The second-order valence-electron chi connectivity index (χ2n) is 6.19. The van der Waals surface area contributed by atoms with Crippen molar-refractivity contribution in [1.82, 2.24) is 4.98 Å². The summed E-state index contributed by atoms with van der Waals surface area (Å²) in [6.45, 7) is 0.772. The molecule has 0 bridgehead atoms. The predicted octanol–water partition coefficient (Wildman–Crippen LogP) is 3.69. The molecule has 0 unspecified atom stereocenters. The number of sulfone groups is 1. The molecule has 0 fully saturated rings. The van der Waals surface area contributed by atoms with E-state index in [9.17, 15) is 8.42 Å². The fourth-order valence-corrected chi connectivity index (χ4v) is 4.95. The fraction of sp³-hybridized carbons (Fsp3) is 0.211. The Hall–Kier alpha value is -2.31. The number of nitrogens with zero attached hydrogens (tertiary/aromatic N) is 2. The van der Waals surface area contributed by atoms with Gasteiger partial charge in [0.15, 0.2) is 9.84 Å². The Morgan fingerprint density at radius 3 is 2.77 bits per heavy atom. The molecule has 1 aliphatic heterocycles. The summed E-state index contributed by atoms with van der Waals surface area (Å²) >= 11 is 6.42. The Morgan fingerprint density at radius 1 is 1.15 bits per heavy atom. The van der Waals surface area contributed by atoms with Gasteiger partial charge < -0.3 is 9.64 Å². The summed E-state index contributed by atoms with van der Waals surface area (Å²) in [6.07, 6.45) is 0. The molecule has 0 amide bonds. The van der Waals surface area contributed by atoms with Crippen LogP contribution in [0.2, 0.25) is 5.02 Å². The number of halogens is 1. The molecule has 4 rings (SSSR count). The third-order valence-corrected chi connectivity index (χ3v) is 6.67. The van der Waals surface area contributed by atoms with Gasteiger partial charge in [-0.15, -0.1) is 0 Å². The molecule has 0 saturated carbocycles. The molecule has 1 aromatic heterocycles. The van der Waals surface area contributed by atoms with Crippen LogP contribution in [0.1, 0.15) is 5.56 Å². The molecule has 134 valence electrons. The number of benzene rings is 2. The molecule has 0 aliphatic carbocycles. The molecule has 26 heavy (non-hydrogen) atoms. The zero-order chi connectivity index (χ0) is 18.3. The standard InChI is InChI=1S/C19H17ClN2O3S/c1-25-14-6-7-18-13(10-14)12-22(8-9-26(18,23)24)19-11-16(20)15-4-2-3-5-17(15)21-19/h2-7,10-11H,8-9,12H2,1H3. The van der Waals surface area contributed by atoms with Crippen LogP contribution in [0, 0.1) is 0 Å². The lowest BCUT2D eigenvalue weighted by Crippen LogP contribution is -2.26.